The number of carbonyl (C=O) groups is 1. The summed E-state index contributed by atoms with van der Waals surface area (Å²) in [5.41, 5.74) is 2.96. The predicted octanol–water partition coefficient (Wildman–Crippen LogP) is 3.04. The molecule has 1 amide bonds. The monoisotopic (exact) mass is 386 g/mol. The van der Waals surface area contributed by atoms with E-state index in [-0.39, 0.29) is 5.91 Å². The van der Waals surface area contributed by atoms with Gasteiger partial charge in [-0.2, -0.15) is 0 Å². The van der Waals surface area contributed by atoms with Gasteiger partial charge in [0.25, 0.3) is 5.91 Å². The topological polar surface area (TPSA) is 65.5 Å². The van der Waals surface area contributed by atoms with Crippen molar-refractivity contribution < 1.29 is 4.79 Å². The molecule has 0 aliphatic heterocycles. The average molecular weight is 387 g/mol. The van der Waals surface area contributed by atoms with E-state index in [1.54, 1.807) is 7.05 Å². The van der Waals surface area contributed by atoms with Crippen LogP contribution >= 0.6 is 11.6 Å². The third kappa shape index (κ3) is 7.31. The van der Waals surface area contributed by atoms with Crippen molar-refractivity contribution in [2.45, 2.75) is 19.8 Å². The van der Waals surface area contributed by atoms with Gasteiger partial charge in [-0.25, -0.2) is 0 Å². The second-order valence-corrected chi connectivity index (χ2v) is 6.53. The summed E-state index contributed by atoms with van der Waals surface area (Å²) in [5, 5.41) is 10.0. The molecule has 0 saturated heterocycles. The maximum absolute atomic E-state index is 11.7. The number of aliphatic imine (C=N–C) groups is 1. The van der Waals surface area contributed by atoms with Crippen molar-refractivity contribution in [2.75, 3.05) is 26.7 Å². The maximum atomic E-state index is 11.7. The number of hydrogen-bond acceptors (Lipinski definition) is 2. The van der Waals surface area contributed by atoms with Gasteiger partial charge in [0.1, 0.15) is 0 Å². The lowest BCUT2D eigenvalue weighted by atomic mass is 10.1. The van der Waals surface area contributed by atoms with Crippen LogP contribution in [0, 0.1) is 0 Å². The van der Waals surface area contributed by atoms with E-state index in [9.17, 15) is 4.79 Å². The van der Waals surface area contributed by atoms with Crippen LogP contribution in [-0.4, -0.2) is 38.5 Å². The van der Waals surface area contributed by atoms with Gasteiger partial charge in [0.05, 0.1) is 0 Å². The molecule has 0 aliphatic carbocycles. The molecule has 0 fully saturated rings. The van der Waals surface area contributed by atoms with Crippen molar-refractivity contribution in [2.24, 2.45) is 4.99 Å². The number of nitrogens with zero attached hydrogens (tertiary/aromatic N) is 1. The van der Waals surface area contributed by atoms with Gasteiger partial charge in [0.2, 0.25) is 0 Å². The van der Waals surface area contributed by atoms with Crippen LogP contribution in [0.15, 0.2) is 53.5 Å². The number of benzene rings is 2. The number of nitrogens with one attached hydrogen (secondary N) is 3. The minimum absolute atomic E-state index is 0.0728. The fourth-order valence-corrected chi connectivity index (χ4v) is 2.88. The molecule has 0 radical (unpaired) electrons. The number of guanidine groups is 1. The molecule has 5 nitrogen and oxygen atoms in total. The molecule has 2 rings (SSSR count). The predicted molar refractivity (Wildman–Crippen MR) is 113 cm³/mol. The van der Waals surface area contributed by atoms with Crippen LogP contribution in [0.1, 0.15) is 28.4 Å². The van der Waals surface area contributed by atoms with Gasteiger partial charge in [-0.3, -0.25) is 9.79 Å². The molecule has 0 aromatic heterocycles. The fourth-order valence-electron chi connectivity index (χ4n) is 2.67. The van der Waals surface area contributed by atoms with Gasteiger partial charge in [-0.05, 0) is 55.2 Å². The standard InChI is InChI=1S/C21H27ClN4O/c1-3-24-21(26-13-11-17-7-5-9-19(22)15-17)25-12-10-16-6-4-8-18(14-16)20(27)23-2/h4-9,14-15H,3,10-13H2,1-2H3,(H,23,27)(H2,24,25,26). The maximum Gasteiger partial charge on any atom is 0.251 e. The first-order valence-corrected chi connectivity index (χ1v) is 9.57. The lowest BCUT2D eigenvalue weighted by Gasteiger charge is -2.11. The summed E-state index contributed by atoms with van der Waals surface area (Å²) in [6.45, 7) is 4.26. The summed E-state index contributed by atoms with van der Waals surface area (Å²) in [4.78, 5) is 16.3. The van der Waals surface area contributed by atoms with E-state index in [2.05, 4.69) is 27.0 Å². The van der Waals surface area contributed by atoms with Crippen molar-refractivity contribution >= 4 is 23.5 Å². The fraction of sp³-hybridized carbons (Fsp3) is 0.333. The average Bonchev–Trinajstić information content (AvgIpc) is 2.67. The molecule has 0 unspecified atom stereocenters. The third-order valence-electron chi connectivity index (χ3n) is 4.03. The highest BCUT2D eigenvalue weighted by molar-refractivity contribution is 6.30. The lowest BCUT2D eigenvalue weighted by molar-refractivity contribution is 0.0963. The van der Waals surface area contributed by atoms with Gasteiger partial charge in [0, 0.05) is 37.3 Å². The second-order valence-electron chi connectivity index (χ2n) is 6.10. The van der Waals surface area contributed by atoms with Crippen molar-refractivity contribution in [3.05, 3.63) is 70.2 Å². The van der Waals surface area contributed by atoms with Crippen molar-refractivity contribution in [1.29, 1.82) is 0 Å². The van der Waals surface area contributed by atoms with Crippen LogP contribution in [0.5, 0.6) is 0 Å². The Balaban J connectivity index is 1.86. The Labute approximate surface area is 166 Å². The highest BCUT2D eigenvalue weighted by Gasteiger charge is 2.04. The lowest BCUT2D eigenvalue weighted by Crippen LogP contribution is -2.38. The first-order valence-electron chi connectivity index (χ1n) is 9.20. The zero-order chi connectivity index (χ0) is 19.5. The van der Waals surface area contributed by atoms with E-state index in [0.29, 0.717) is 12.1 Å². The van der Waals surface area contributed by atoms with Crippen molar-refractivity contribution in [3.63, 3.8) is 0 Å². The molecule has 144 valence electrons. The van der Waals surface area contributed by atoms with Gasteiger partial charge in [-0.15, -0.1) is 0 Å². The smallest absolute Gasteiger partial charge is 0.251 e. The number of rotatable bonds is 8. The van der Waals surface area contributed by atoms with Crippen LogP contribution in [0.2, 0.25) is 5.02 Å². The quantitative estimate of drug-likeness (QED) is 0.482. The summed E-state index contributed by atoms with van der Waals surface area (Å²) < 4.78 is 0. The van der Waals surface area contributed by atoms with Gasteiger partial charge in [-0.1, -0.05) is 35.9 Å². The van der Waals surface area contributed by atoms with Gasteiger partial charge in [0.15, 0.2) is 5.96 Å². The Hall–Kier alpha value is -2.53. The first kappa shape index (κ1) is 20.8. The van der Waals surface area contributed by atoms with Crippen LogP contribution in [0.4, 0.5) is 0 Å². The first-order chi connectivity index (χ1) is 13.1. The van der Waals surface area contributed by atoms with Crippen LogP contribution < -0.4 is 16.0 Å². The molecular weight excluding hydrogens is 360 g/mol. The summed E-state index contributed by atoms with van der Waals surface area (Å²) in [6.07, 6.45) is 1.65. The van der Waals surface area contributed by atoms with Crippen molar-refractivity contribution in [3.8, 4) is 0 Å². The largest absolute Gasteiger partial charge is 0.357 e. The normalized spacial score (nSPS) is 11.1. The molecule has 2 aromatic carbocycles. The third-order valence-corrected chi connectivity index (χ3v) is 4.26. The highest BCUT2D eigenvalue weighted by atomic mass is 35.5. The second kappa shape index (κ2) is 11.2. The number of amides is 1. The number of hydrogen-bond donors (Lipinski definition) is 3. The Morgan fingerprint density at radius 1 is 1.04 bits per heavy atom. The molecular formula is C21H27ClN4O. The number of carbonyl (C=O) groups excluding carboxylic acids is 1. The summed E-state index contributed by atoms with van der Waals surface area (Å²) in [5.74, 6) is 0.721. The van der Waals surface area contributed by atoms with Gasteiger partial charge >= 0.3 is 0 Å². The Kier molecular flexibility index (Phi) is 8.65. The van der Waals surface area contributed by atoms with Gasteiger partial charge < -0.3 is 16.0 Å². The molecule has 0 saturated carbocycles. The summed E-state index contributed by atoms with van der Waals surface area (Å²) in [6, 6.07) is 15.5. The number of halogens is 1. The molecule has 27 heavy (non-hydrogen) atoms. The summed E-state index contributed by atoms with van der Waals surface area (Å²) >= 11 is 6.02. The Morgan fingerprint density at radius 2 is 1.78 bits per heavy atom. The molecule has 2 aromatic rings. The zero-order valence-electron chi connectivity index (χ0n) is 15.9. The van der Waals surface area contributed by atoms with E-state index in [1.165, 1.54) is 5.56 Å². The van der Waals surface area contributed by atoms with E-state index in [4.69, 9.17) is 11.6 Å². The zero-order valence-corrected chi connectivity index (χ0v) is 16.6. The van der Waals surface area contributed by atoms with Crippen LogP contribution in [0.25, 0.3) is 0 Å². The van der Waals surface area contributed by atoms with E-state index >= 15 is 0 Å². The van der Waals surface area contributed by atoms with Crippen LogP contribution in [0.3, 0.4) is 0 Å². The Morgan fingerprint density at radius 3 is 2.48 bits per heavy atom. The molecule has 0 spiro atoms. The minimum Gasteiger partial charge on any atom is -0.357 e. The minimum atomic E-state index is -0.0728. The Bertz CT molecular complexity index is 776. The SMILES string of the molecule is CCNC(=NCCc1cccc(C(=O)NC)c1)NCCc1cccc(Cl)c1. The summed E-state index contributed by atoms with van der Waals surface area (Å²) in [7, 11) is 1.64. The highest BCUT2D eigenvalue weighted by Crippen LogP contribution is 2.10. The molecule has 3 N–H and O–H groups in total. The molecule has 0 aliphatic rings. The van der Waals surface area contributed by atoms with E-state index in [1.807, 2.05) is 49.4 Å². The molecule has 0 heterocycles. The van der Waals surface area contributed by atoms with Crippen molar-refractivity contribution in [1.82, 2.24) is 16.0 Å². The molecule has 0 atom stereocenters. The van der Waals surface area contributed by atoms with Crippen LogP contribution in [-0.2, 0) is 12.8 Å². The molecule has 0 bridgehead atoms. The van der Waals surface area contributed by atoms with E-state index < -0.39 is 0 Å². The van der Waals surface area contributed by atoms with E-state index in [0.717, 1.165) is 42.5 Å². The molecule has 6 heteroatoms.